The number of aromatic amines is 1. The molecule has 1 saturated heterocycles. The number of nitrogens with zero attached hydrogens (tertiary/aromatic N) is 15. The Morgan fingerprint density at radius 3 is 1.50 bits per heavy atom. The summed E-state index contributed by atoms with van der Waals surface area (Å²) in [4.78, 5) is 48.8. The molecule has 1 aliphatic heterocycles. The van der Waals surface area contributed by atoms with Gasteiger partial charge in [0, 0.05) is 74.3 Å². The van der Waals surface area contributed by atoms with Gasteiger partial charge in [-0.3, -0.25) is 4.79 Å². The lowest BCUT2D eigenvalue weighted by atomic mass is 9.54. The molecule has 0 aromatic carbocycles. The van der Waals surface area contributed by atoms with Gasteiger partial charge >= 0.3 is 11.9 Å². The molecule has 29 nitrogen and oxygen atoms in total. The Morgan fingerprint density at radius 1 is 0.657 bits per heavy atom. The van der Waals surface area contributed by atoms with Crippen molar-refractivity contribution in [2.45, 2.75) is 186 Å². The van der Waals surface area contributed by atoms with Crippen LogP contribution in [0.25, 0.3) is 16.6 Å². The fraction of sp³-hybridized carbons (Fsp3) is 0.559. The molecule has 0 amide bonds. The van der Waals surface area contributed by atoms with E-state index in [0.29, 0.717) is 88.5 Å². The van der Waals surface area contributed by atoms with Gasteiger partial charge in [0.05, 0.1) is 19.8 Å². The summed E-state index contributed by atoms with van der Waals surface area (Å²) < 4.78 is 64.4. The van der Waals surface area contributed by atoms with E-state index in [9.17, 15) is 31.2 Å². The van der Waals surface area contributed by atoms with Crippen LogP contribution >= 0.6 is 69.6 Å². The number of carbonyl (C=O) groups is 2. The van der Waals surface area contributed by atoms with Crippen LogP contribution in [0.3, 0.4) is 0 Å². The topological polar surface area (TPSA) is 391 Å². The number of hydrogen-bond acceptors (Lipinski definition) is 18. The zero-order valence-electron chi connectivity index (χ0n) is 62.8. The van der Waals surface area contributed by atoms with E-state index in [4.69, 9.17) is 106 Å². The molecule has 8 aromatic rings. The number of esters is 2. The van der Waals surface area contributed by atoms with Crippen LogP contribution in [0.1, 0.15) is 205 Å². The van der Waals surface area contributed by atoms with Crippen molar-refractivity contribution in [3.8, 4) is 6.07 Å². The van der Waals surface area contributed by atoms with Crippen molar-refractivity contribution < 1.29 is 35.9 Å². The fourth-order valence-corrected chi connectivity index (χ4v) is 14.9. The van der Waals surface area contributed by atoms with E-state index in [1.54, 1.807) is 62.1 Å². The molecule has 3 saturated carbocycles. The maximum atomic E-state index is 11.8. The monoisotopic (exact) mass is 1610 g/mol. The SMILES string of the molecule is CC(C)C#N.CCOC(=O)c1c(C)cc(Cl)n1N.CN(C1CC2(CCC2)C1)S(N)(=O)=O.COC(=O)c1c(C)cc(Cl)n1N=C(N)C(C)C.Cc1cc(Cl)n2nc(C(C)C)[nH]c(=O)c12.Cc1cc(Cl)n2nc(C(C)C)nc(Cl)c12.Cc1cc(Cl)n2nc(C(C)C)nc(N3CC4(CC(N(C)S(N)(=O)=O)C4)C3)c12. The fourth-order valence-electron chi connectivity index (χ4n) is 12.1. The van der Waals surface area contributed by atoms with Gasteiger partial charge in [-0.05, 0) is 157 Å². The van der Waals surface area contributed by atoms with Crippen molar-refractivity contribution in [3.05, 3.63) is 128 Å². The average Bonchev–Trinajstić information content (AvgIpc) is 1.52. The Kier molecular flexibility index (Phi) is 29.4. The van der Waals surface area contributed by atoms with Crippen molar-refractivity contribution in [1.29, 1.82) is 5.26 Å². The highest BCUT2D eigenvalue weighted by Gasteiger charge is 2.55. The molecule has 0 unspecified atom stereocenters. The first-order valence-corrected chi connectivity index (χ1v) is 39.3. The zero-order valence-corrected chi connectivity index (χ0v) is 68.9. The van der Waals surface area contributed by atoms with E-state index in [0.717, 1.165) is 82.8 Å². The molecule has 9 N–H and O–H groups in total. The van der Waals surface area contributed by atoms with Gasteiger partial charge in [-0.1, -0.05) is 131 Å². The molecule has 0 bridgehead atoms. The number of amidine groups is 1. The quantitative estimate of drug-likeness (QED) is 0.0310. The molecule has 0 atom stereocenters. The van der Waals surface area contributed by atoms with Crippen LogP contribution in [0.15, 0.2) is 40.2 Å². The summed E-state index contributed by atoms with van der Waals surface area (Å²) in [6.45, 7) is 32.7. The van der Waals surface area contributed by atoms with Crippen LogP contribution in [0.4, 0.5) is 5.82 Å². The van der Waals surface area contributed by atoms with Crippen LogP contribution in [0, 0.1) is 68.6 Å². The Labute approximate surface area is 644 Å². The molecule has 9 heterocycles. The number of methoxy groups -OCH3 is 1. The van der Waals surface area contributed by atoms with Crippen molar-refractivity contribution in [2.24, 2.45) is 43.8 Å². The lowest BCUT2D eigenvalue weighted by Gasteiger charge is -2.60. The summed E-state index contributed by atoms with van der Waals surface area (Å²) in [5.41, 5.74) is 13.4. The number of aryl methyl sites for hydroxylation is 5. The summed E-state index contributed by atoms with van der Waals surface area (Å²) in [5.74, 6) is 8.83. The van der Waals surface area contributed by atoms with Gasteiger partial charge in [-0.25, -0.2) is 52.7 Å². The van der Waals surface area contributed by atoms with Crippen molar-refractivity contribution in [1.82, 2.24) is 61.8 Å². The Bertz CT molecular complexity index is 4820. The second kappa shape index (κ2) is 35.5. The molecule has 4 aliphatic rings. The van der Waals surface area contributed by atoms with Crippen molar-refractivity contribution in [2.75, 3.05) is 51.6 Å². The highest BCUT2D eigenvalue weighted by atomic mass is 35.5. The number of ether oxygens (including phenoxy) is 2. The highest BCUT2D eigenvalue weighted by molar-refractivity contribution is 7.87. The summed E-state index contributed by atoms with van der Waals surface area (Å²) in [7, 11) is -2.66. The normalized spacial score (nSPS) is 15.4. The largest absolute Gasteiger partial charge is 0.464 e. The molecule has 8 aromatic heterocycles. The molecule has 578 valence electrons. The van der Waals surface area contributed by atoms with Gasteiger partial charge in [0.25, 0.3) is 26.0 Å². The van der Waals surface area contributed by atoms with Gasteiger partial charge in [0.1, 0.15) is 54.0 Å². The standard InChI is InChI=1S/C17H25ClN6O2S.C11H16ClN3O2.C10H11Cl2N3.C10H12ClN3O.C8H11ClN2O2.C8H16N2O2S.C4H7N/c1-10(2)15-20-16(14-11(3)5-13(18)24(14)21-15)23-8-17(9-23)6-12(7-17)22(4)27(19,25)26;1-6(2)10(13)14-15-8(12)5-7(3)9(15)11(16)17-4;1-5(2)10-13-9(12)8-6(3)4-7(11)15(8)14-10;1-5(2)9-12-10(15)8-6(3)4-7(11)14(8)13-9;1-3-13-8(12)7-5(2)4-6(9)11(7)10;1-10(13(9,11)12)7-5-8(6-7)3-2-4-8;1-4(2)3-5/h5,10,12H,6-9H2,1-4H3,(H2,19,25,26);5-6H,1-4H3,(H2,13,14);4-5H,1-3H3;4-5H,1-3H3,(H,12,13,15);4H,3,10H2,1-2H3;7H,2-6H2,1H3,(H2,9,11,12);4H,1-2H3. The van der Waals surface area contributed by atoms with Crippen LogP contribution < -0.4 is 32.3 Å². The Balaban J connectivity index is 0.000000199. The number of H-pyrrole nitrogens is 1. The van der Waals surface area contributed by atoms with Crippen molar-refractivity contribution >= 4 is 130 Å². The third kappa shape index (κ3) is 20.7. The van der Waals surface area contributed by atoms with E-state index >= 15 is 0 Å². The molecule has 37 heteroatoms. The smallest absolute Gasteiger partial charge is 0.357 e. The molecule has 12 rings (SSSR count). The number of rotatable bonds is 13. The van der Waals surface area contributed by atoms with Crippen molar-refractivity contribution in [3.63, 3.8) is 0 Å². The van der Waals surface area contributed by atoms with E-state index in [2.05, 4.69) is 53.8 Å². The number of halogens is 6. The maximum Gasteiger partial charge on any atom is 0.357 e. The molecular weight excluding hydrogens is 1520 g/mol. The summed E-state index contributed by atoms with van der Waals surface area (Å²) in [6, 6.07) is 10.9. The third-order valence-electron chi connectivity index (χ3n) is 18.3. The van der Waals surface area contributed by atoms with E-state index in [-0.39, 0.29) is 52.6 Å². The molecule has 0 radical (unpaired) electrons. The Hall–Kier alpha value is -6.80. The number of anilines is 1. The first kappa shape index (κ1) is 87.1. The van der Waals surface area contributed by atoms with E-state index in [1.165, 1.54) is 44.2 Å². The lowest BCUT2D eigenvalue weighted by molar-refractivity contribution is -0.0236. The predicted octanol–water partition coefficient (Wildman–Crippen LogP) is 12.5. The van der Waals surface area contributed by atoms with Crippen LogP contribution in [0.2, 0.25) is 30.9 Å². The second-order valence-corrected chi connectivity index (χ2v) is 33.9. The number of nitrogens with one attached hydrogen (secondary N) is 1. The highest BCUT2D eigenvalue weighted by Crippen LogP contribution is 2.57. The van der Waals surface area contributed by atoms with Crippen LogP contribution in [-0.4, -0.2) is 149 Å². The molecular formula is C68H98Cl6N20O9S2. The minimum Gasteiger partial charge on any atom is -0.464 e. The number of carbonyl (C=O) groups excluding carboxylic acids is 2. The van der Waals surface area contributed by atoms with Crippen LogP contribution in [-0.2, 0) is 29.9 Å². The number of nitriles is 1. The number of hydrogen-bond donors (Lipinski definition) is 5. The van der Waals surface area contributed by atoms with Gasteiger partial charge in [0.15, 0.2) is 34.0 Å². The van der Waals surface area contributed by atoms with E-state index in [1.807, 2.05) is 94.4 Å². The van der Waals surface area contributed by atoms with Gasteiger partial charge in [-0.2, -0.15) is 51.1 Å². The molecule has 2 spiro atoms. The third-order valence-corrected chi connectivity index (χ3v) is 22.2. The van der Waals surface area contributed by atoms with E-state index < -0.39 is 32.4 Å². The predicted molar refractivity (Wildman–Crippen MR) is 415 cm³/mol. The minimum absolute atomic E-state index is 0.0109. The first-order valence-electron chi connectivity index (χ1n) is 34.0. The zero-order chi connectivity index (χ0) is 79.2. The van der Waals surface area contributed by atoms with Gasteiger partial charge in [-0.15, -0.1) is 0 Å². The number of fused-ring (bicyclic) bond motifs is 3. The van der Waals surface area contributed by atoms with Crippen LogP contribution in [0.5, 0.6) is 0 Å². The second-order valence-electron chi connectivity index (χ2n) is 28.4. The molecule has 105 heavy (non-hydrogen) atoms. The Morgan fingerprint density at radius 2 is 1.09 bits per heavy atom. The number of nitrogens with two attached hydrogens (primary N) is 4. The van der Waals surface area contributed by atoms with Gasteiger partial charge in [0.2, 0.25) is 0 Å². The number of nitrogen functional groups attached to an aromatic ring is 1. The summed E-state index contributed by atoms with van der Waals surface area (Å²) >= 11 is 36.2. The molecule has 3 aliphatic carbocycles. The number of aromatic nitrogens is 11. The molecule has 4 fully saturated rings. The average molecular weight is 1620 g/mol. The first-order chi connectivity index (χ1) is 48.7. The summed E-state index contributed by atoms with van der Waals surface area (Å²) in [5, 5.41) is 38.2. The van der Waals surface area contributed by atoms with Gasteiger partial charge < -0.3 is 30.9 Å². The summed E-state index contributed by atoms with van der Waals surface area (Å²) in [6.07, 6.45) is 7.56. The minimum atomic E-state index is -3.63. The maximum absolute atomic E-state index is 11.8. The lowest BCUT2D eigenvalue weighted by Crippen LogP contribution is -2.67.